The molecule has 7 heteroatoms. The number of hydrogen-bond acceptors (Lipinski definition) is 5. The summed E-state index contributed by atoms with van der Waals surface area (Å²) in [6.45, 7) is 6.90. The molecule has 0 aliphatic carbocycles. The predicted molar refractivity (Wildman–Crippen MR) is 93.1 cm³/mol. The van der Waals surface area contributed by atoms with E-state index in [-0.39, 0.29) is 5.91 Å². The molecule has 0 unspecified atom stereocenters. The van der Waals surface area contributed by atoms with Crippen LogP contribution < -0.4 is 0 Å². The van der Waals surface area contributed by atoms with E-state index in [1.54, 1.807) is 19.5 Å². The van der Waals surface area contributed by atoms with Gasteiger partial charge in [0.25, 0.3) is 5.91 Å². The second-order valence-corrected chi connectivity index (χ2v) is 6.64. The summed E-state index contributed by atoms with van der Waals surface area (Å²) in [5, 5.41) is 0. The van der Waals surface area contributed by atoms with Crippen LogP contribution in [0.1, 0.15) is 40.5 Å². The van der Waals surface area contributed by atoms with Crippen LogP contribution in [0, 0.1) is 19.8 Å². The van der Waals surface area contributed by atoms with Gasteiger partial charge in [-0.2, -0.15) is 0 Å². The van der Waals surface area contributed by atoms with Gasteiger partial charge in [0.05, 0.1) is 11.9 Å². The summed E-state index contributed by atoms with van der Waals surface area (Å²) in [6, 6.07) is 0. The Kier molecular flexibility index (Phi) is 5.43. The van der Waals surface area contributed by atoms with Crippen molar-refractivity contribution in [2.24, 2.45) is 5.92 Å². The largest absolute Gasteiger partial charge is 0.377 e. The molecule has 1 amide bonds. The topological polar surface area (TPSA) is 73.1 Å². The molecule has 1 aliphatic rings. The van der Waals surface area contributed by atoms with E-state index in [0.717, 1.165) is 49.7 Å². The van der Waals surface area contributed by atoms with Crippen molar-refractivity contribution in [3.63, 3.8) is 0 Å². The number of aryl methyl sites for hydroxylation is 2. The van der Waals surface area contributed by atoms with Crippen LogP contribution in [0.15, 0.2) is 18.6 Å². The molecule has 3 heterocycles. The fraction of sp³-hybridized carbons (Fsp3) is 0.556. The fourth-order valence-electron chi connectivity index (χ4n) is 3.25. The van der Waals surface area contributed by atoms with Crippen molar-refractivity contribution in [2.45, 2.75) is 39.8 Å². The summed E-state index contributed by atoms with van der Waals surface area (Å²) >= 11 is 0. The molecule has 3 rings (SSSR count). The van der Waals surface area contributed by atoms with Crippen molar-refractivity contribution in [1.82, 2.24) is 24.4 Å². The summed E-state index contributed by atoms with van der Waals surface area (Å²) in [4.78, 5) is 27.2. The zero-order valence-electron chi connectivity index (χ0n) is 15.1. The van der Waals surface area contributed by atoms with E-state index in [1.807, 2.05) is 18.0 Å². The Bertz CT molecular complexity index is 718. The minimum Gasteiger partial charge on any atom is -0.377 e. The molecule has 0 atom stereocenters. The molecule has 1 aliphatic heterocycles. The van der Waals surface area contributed by atoms with Crippen LogP contribution in [0.3, 0.4) is 0 Å². The molecular weight excluding hydrogens is 318 g/mol. The second-order valence-electron chi connectivity index (χ2n) is 6.64. The highest BCUT2D eigenvalue weighted by atomic mass is 16.5. The zero-order valence-corrected chi connectivity index (χ0v) is 15.1. The normalized spacial score (nSPS) is 15.6. The molecule has 2 aromatic heterocycles. The number of rotatable bonds is 5. The molecule has 0 aromatic carbocycles. The van der Waals surface area contributed by atoms with Crippen LogP contribution in [-0.4, -0.2) is 50.5 Å². The van der Waals surface area contributed by atoms with Crippen molar-refractivity contribution >= 4 is 5.91 Å². The van der Waals surface area contributed by atoms with E-state index in [2.05, 4.69) is 26.4 Å². The third-order valence-corrected chi connectivity index (χ3v) is 4.75. The highest BCUT2D eigenvalue weighted by Gasteiger charge is 2.25. The maximum absolute atomic E-state index is 12.5. The van der Waals surface area contributed by atoms with Crippen molar-refractivity contribution in [3.05, 3.63) is 41.5 Å². The van der Waals surface area contributed by atoms with E-state index in [4.69, 9.17) is 4.74 Å². The Morgan fingerprint density at radius 3 is 2.56 bits per heavy atom. The van der Waals surface area contributed by atoms with Gasteiger partial charge in [-0.25, -0.2) is 9.97 Å². The number of amides is 1. The fourth-order valence-corrected chi connectivity index (χ4v) is 3.25. The number of carbonyl (C=O) groups is 1. The Labute approximate surface area is 148 Å². The number of likely N-dealkylation sites (tertiary alicyclic amines) is 1. The SMILES string of the molecule is COCc1ncc(C)n1CC1CCN(C(=O)c2cnc(C)cn2)CC1. The lowest BCUT2D eigenvalue weighted by molar-refractivity contribution is 0.0674. The molecule has 134 valence electrons. The number of nitrogens with zero attached hydrogens (tertiary/aromatic N) is 5. The molecule has 2 aromatic rings. The lowest BCUT2D eigenvalue weighted by atomic mass is 9.96. The Hall–Kier alpha value is -2.28. The van der Waals surface area contributed by atoms with E-state index >= 15 is 0 Å². The van der Waals surface area contributed by atoms with Gasteiger partial charge in [0, 0.05) is 44.8 Å². The molecule has 0 saturated carbocycles. The number of hydrogen-bond donors (Lipinski definition) is 0. The minimum absolute atomic E-state index is 0.0233. The van der Waals surface area contributed by atoms with E-state index in [1.165, 1.54) is 0 Å². The molecular formula is C18H25N5O2. The highest BCUT2D eigenvalue weighted by Crippen LogP contribution is 2.22. The predicted octanol–water partition coefficient (Wildman–Crippen LogP) is 1.99. The summed E-state index contributed by atoms with van der Waals surface area (Å²) in [5.74, 6) is 1.48. The molecule has 0 N–H and O–H groups in total. The Balaban J connectivity index is 1.58. The smallest absolute Gasteiger partial charge is 0.274 e. The Morgan fingerprint density at radius 1 is 1.16 bits per heavy atom. The molecule has 0 bridgehead atoms. The molecule has 1 fully saturated rings. The lowest BCUT2D eigenvalue weighted by Crippen LogP contribution is -2.39. The number of imidazole rings is 1. The summed E-state index contributed by atoms with van der Waals surface area (Å²) in [6.07, 6.45) is 7.06. The van der Waals surface area contributed by atoms with Crippen LogP contribution in [-0.2, 0) is 17.9 Å². The zero-order chi connectivity index (χ0) is 17.8. The van der Waals surface area contributed by atoms with Gasteiger partial charge < -0.3 is 14.2 Å². The number of ether oxygens (including phenoxy) is 1. The van der Waals surface area contributed by atoms with Crippen LogP contribution in [0.25, 0.3) is 0 Å². The van der Waals surface area contributed by atoms with Gasteiger partial charge in [-0.1, -0.05) is 0 Å². The van der Waals surface area contributed by atoms with Gasteiger partial charge in [0.1, 0.15) is 18.1 Å². The molecule has 25 heavy (non-hydrogen) atoms. The van der Waals surface area contributed by atoms with Gasteiger partial charge in [-0.05, 0) is 32.6 Å². The van der Waals surface area contributed by atoms with Crippen LogP contribution in [0.5, 0.6) is 0 Å². The first-order valence-corrected chi connectivity index (χ1v) is 8.66. The maximum atomic E-state index is 12.5. The number of methoxy groups -OCH3 is 1. The Morgan fingerprint density at radius 2 is 1.92 bits per heavy atom. The van der Waals surface area contributed by atoms with Crippen molar-refractivity contribution in [3.8, 4) is 0 Å². The first-order chi connectivity index (χ1) is 12.1. The minimum atomic E-state index is -0.0233. The van der Waals surface area contributed by atoms with Crippen molar-refractivity contribution in [2.75, 3.05) is 20.2 Å². The summed E-state index contributed by atoms with van der Waals surface area (Å²) < 4.78 is 7.46. The molecule has 0 radical (unpaired) electrons. The average molecular weight is 343 g/mol. The molecule has 7 nitrogen and oxygen atoms in total. The quantitative estimate of drug-likeness (QED) is 0.830. The summed E-state index contributed by atoms with van der Waals surface area (Å²) in [7, 11) is 1.69. The summed E-state index contributed by atoms with van der Waals surface area (Å²) in [5.41, 5.74) is 2.40. The van der Waals surface area contributed by atoms with E-state index in [9.17, 15) is 4.79 Å². The van der Waals surface area contributed by atoms with Crippen molar-refractivity contribution in [1.29, 1.82) is 0 Å². The number of carbonyl (C=O) groups excluding carboxylic acids is 1. The van der Waals surface area contributed by atoms with Crippen LogP contribution in [0.2, 0.25) is 0 Å². The standard InChI is InChI=1S/C18H25N5O2/c1-13-8-20-16(10-19-13)18(24)22-6-4-15(5-7-22)11-23-14(2)9-21-17(23)12-25-3/h8-10,15H,4-7,11-12H2,1-3H3. The average Bonchev–Trinajstić information content (AvgIpc) is 2.96. The maximum Gasteiger partial charge on any atom is 0.274 e. The number of aromatic nitrogens is 4. The highest BCUT2D eigenvalue weighted by molar-refractivity contribution is 5.92. The van der Waals surface area contributed by atoms with Gasteiger partial charge in [-0.3, -0.25) is 9.78 Å². The third kappa shape index (κ3) is 4.04. The monoisotopic (exact) mass is 343 g/mol. The second kappa shape index (κ2) is 7.74. The van der Waals surface area contributed by atoms with Gasteiger partial charge in [0.2, 0.25) is 0 Å². The number of piperidine rings is 1. The van der Waals surface area contributed by atoms with Crippen LogP contribution in [0.4, 0.5) is 0 Å². The van der Waals surface area contributed by atoms with Crippen LogP contribution >= 0.6 is 0 Å². The molecule has 0 spiro atoms. The third-order valence-electron chi connectivity index (χ3n) is 4.75. The lowest BCUT2D eigenvalue weighted by Gasteiger charge is -2.32. The van der Waals surface area contributed by atoms with Gasteiger partial charge in [0.15, 0.2) is 0 Å². The van der Waals surface area contributed by atoms with Crippen molar-refractivity contribution < 1.29 is 9.53 Å². The van der Waals surface area contributed by atoms with Gasteiger partial charge in [-0.15, -0.1) is 0 Å². The first kappa shape index (κ1) is 17.5. The first-order valence-electron chi connectivity index (χ1n) is 8.66. The van der Waals surface area contributed by atoms with E-state index in [0.29, 0.717) is 18.2 Å². The molecule has 1 saturated heterocycles. The van der Waals surface area contributed by atoms with E-state index < -0.39 is 0 Å². The van der Waals surface area contributed by atoms with Gasteiger partial charge >= 0.3 is 0 Å².